The Morgan fingerprint density at radius 1 is 1.20 bits per heavy atom. The molecule has 2 aliphatic carbocycles. The van der Waals surface area contributed by atoms with Crippen molar-refractivity contribution in [3.05, 3.63) is 29.8 Å². The molecule has 1 aromatic carbocycles. The fourth-order valence-corrected chi connectivity index (χ4v) is 2.86. The highest BCUT2D eigenvalue weighted by atomic mass is 16.5. The van der Waals surface area contributed by atoms with E-state index in [0.717, 1.165) is 23.1 Å². The summed E-state index contributed by atoms with van der Waals surface area (Å²) in [6.07, 6.45) is 5.02. The maximum Gasteiger partial charge on any atom is 0.122 e. The molecule has 0 amide bonds. The number of benzene rings is 1. The highest BCUT2D eigenvalue weighted by Gasteiger charge is 2.41. The first-order chi connectivity index (χ1) is 9.74. The van der Waals surface area contributed by atoms with Crippen molar-refractivity contribution < 1.29 is 9.84 Å². The Morgan fingerprint density at radius 3 is 2.45 bits per heavy atom. The Kier molecular flexibility index (Phi) is 4.27. The lowest BCUT2D eigenvalue weighted by Crippen LogP contribution is -2.40. The van der Waals surface area contributed by atoms with Crippen LogP contribution in [0.3, 0.4) is 0 Å². The van der Waals surface area contributed by atoms with Crippen LogP contribution >= 0.6 is 0 Å². The molecule has 2 N–H and O–H groups in total. The van der Waals surface area contributed by atoms with Crippen LogP contribution in [0.1, 0.15) is 31.2 Å². The third-order valence-corrected chi connectivity index (χ3v) is 4.37. The summed E-state index contributed by atoms with van der Waals surface area (Å²) in [7, 11) is 0. The second kappa shape index (κ2) is 6.15. The molecule has 1 aromatic rings. The molecular weight excluding hydrogens is 250 g/mol. The maximum absolute atomic E-state index is 10.1. The highest BCUT2D eigenvalue weighted by Crippen LogP contribution is 2.44. The van der Waals surface area contributed by atoms with Crippen LogP contribution in [0.15, 0.2) is 24.3 Å². The van der Waals surface area contributed by atoms with Gasteiger partial charge in [-0.1, -0.05) is 18.2 Å². The largest absolute Gasteiger partial charge is 0.491 e. The molecule has 0 radical (unpaired) electrons. The van der Waals surface area contributed by atoms with Crippen LogP contribution in [0, 0.1) is 18.8 Å². The van der Waals surface area contributed by atoms with Gasteiger partial charge in [0.25, 0.3) is 0 Å². The van der Waals surface area contributed by atoms with Gasteiger partial charge in [-0.05, 0) is 56.1 Å². The Labute approximate surface area is 121 Å². The van der Waals surface area contributed by atoms with Gasteiger partial charge in [0.05, 0.1) is 0 Å². The van der Waals surface area contributed by atoms with Crippen LogP contribution in [0.4, 0.5) is 0 Å². The van der Waals surface area contributed by atoms with Crippen LogP contribution in [0.25, 0.3) is 0 Å². The van der Waals surface area contributed by atoms with E-state index >= 15 is 0 Å². The first-order valence-corrected chi connectivity index (χ1v) is 7.84. The average molecular weight is 275 g/mol. The molecule has 0 saturated heterocycles. The summed E-state index contributed by atoms with van der Waals surface area (Å²) in [5.41, 5.74) is 1.11. The SMILES string of the molecule is Cc1ccccc1OCC(O)CNC(C1CC1)C1CC1. The van der Waals surface area contributed by atoms with Gasteiger partial charge in [0.2, 0.25) is 0 Å². The standard InChI is InChI=1S/C17H25NO2/c1-12-4-2-3-5-16(12)20-11-15(19)10-18-17(13-6-7-13)14-8-9-14/h2-5,13-15,17-19H,6-11H2,1H3. The van der Waals surface area contributed by atoms with E-state index in [9.17, 15) is 5.11 Å². The minimum absolute atomic E-state index is 0.361. The molecular formula is C17H25NO2. The maximum atomic E-state index is 10.1. The Balaban J connectivity index is 1.40. The molecule has 1 unspecified atom stereocenters. The molecule has 2 aliphatic rings. The quantitative estimate of drug-likeness (QED) is 0.766. The van der Waals surface area contributed by atoms with Crippen molar-refractivity contribution in [3.63, 3.8) is 0 Å². The lowest BCUT2D eigenvalue weighted by atomic mass is 10.1. The number of hydrogen-bond donors (Lipinski definition) is 2. The summed E-state index contributed by atoms with van der Waals surface area (Å²) in [4.78, 5) is 0. The summed E-state index contributed by atoms with van der Waals surface area (Å²) in [5, 5.41) is 13.6. The summed E-state index contributed by atoms with van der Waals surface area (Å²) in [5.74, 6) is 2.60. The third kappa shape index (κ3) is 3.74. The van der Waals surface area contributed by atoms with Gasteiger partial charge in [0.1, 0.15) is 18.5 Å². The van der Waals surface area contributed by atoms with Gasteiger partial charge in [-0.2, -0.15) is 0 Å². The van der Waals surface area contributed by atoms with Crippen molar-refractivity contribution in [2.45, 2.75) is 44.8 Å². The number of aliphatic hydroxyl groups is 1. The molecule has 3 nitrogen and oxygen atoms in total. The van der Waals surface area contributed by atoms with Gasteiger partial charge in [-0.3, -0.25) is 0 Å². The van der Waals surface area contributed by atoms with Crippen molar-refractivity contribution in [3.8, 4) is 5.75 Å². The minimum atomic E-state index is -0.436. The number of rotatable bonds is 8. The molecule has 3 rings (SSSR count). The van der Waals surface area contributed by atoms with E-state index in [-0.39, 0.29) is 0 Å². The van der Waals surface area contributed by atoms with Gasteiger partial charge >= 0.3 is 0 Å². The zero-order valence-electron chi connectivity index (χ0n) is 12.2. The average Bonchev–Trinajstić information content (AvgIpc) is 3.31. The second-order valence-corrected chi connectivity index (χ2v) is 6.34. The number of nitrogens with one attached hydrogen (secondary N) is 1. The van der Waals surface area contributed by atoms with Crippen molar-refractivity contribution in [1.82, 2.24) is 5.32 Å². The topological polar surface area (TPSA) is 41.5 Å². The van der Waals surface area contributed by atoms with E-state index in [1.807, 2.05) is 31.2 Å². The molecule has 2 saturated carbocycles. The molecule has 1 atom stereocenters. The minimum Gasteiger partial charge on any atom is -0.491 e. The fraction of sp³-hybridized carbons (Fsp3) is 0.647. The van der Waals surface area contributed by atoms with Gasteiger partial charge in [0.15, 0.2) is 0 Å². The molecule has 0 heterocycles. The third-order valence-electron chi connectivity index (χ3n) is 4.37. The Bertz CT molecular complexity index is 428. The summed E-state index contributed by atoms with van der Waals surface area (Å²) >= 11 is 0. The van der Waals surface area contributed by atoms with E-state index in [1.165, 1.54) is 25.7 Å². The van der Waals surface area contributed by atoms with Gasteiger partial charge in [-0.25, -0.2) is 0 Å². The number of ether oxygens (including phenoxy) is 1. The first kappa shape index (κ1) is 13.9. The number of para-hydroxylation sites is 1. The summed E-state index contributed by atoms with van der Waals surface area (Å²) < 4.78 is 5.69. The highest BCUT2D eigenvalue weighted by molar-refractivity contribution is 5.31. The number of aliphatic hydroxyl groups excluding tert-OH is 1. The number of hydrogen-bond acceptors (Lipinski definition) is 3. The van der Waals surface area contributed by atoms with Crippen molar-refractivity contribution in [1.29, 1.82) is 0 Å². The smallest absolute Gasteiger partial charge is 0.122 e. The molecule has 0 aromatic heterocycles. The molecule has 2 fully saturated rings. The van der Waals surface area contributed by atoms with Crippen LogP contribution in [-0.4, -0.2) is 30.4 Å². The summed E-state index contributed by atoms with van der Waals surface area (Å²) in [6, 6.07) is 8.57. The monoisotopic (exact) mass is 275 g/mol. The van der Waals surface area contributed by atoms with Gasteiger partial charge < -0.3 is 15.2 Å². The predicted molar refractivity (Wildman–Crippen MR) is 79.9 cm³/mol. The normalized spacial score (nSPS) is 20.1. The lowest BCUT2D eigenvalue weighted by Gasteiger charge is -2.20. The summed E-state index contributed by atoms with van der Waals surface area (Å²) in [6.45, 7) is 3.03. The fourth-order valence-electron chi connectivity index (χ4n) is 2.86. The van der Waals surface area contributed by atoms with Crippen molar-refractivity contribution in [2.24, 2.45) is 11.8 Å². The number of aryl methyl sites for hydroxylation is 1. The van der Waals surface area contributed by atoms with E-state index in [0.29, 0.717) is 19.2 Å². The van der Waals surface area contributed by atoms with Gasteiger partial charge in [0, 0.05) is 12.6 Å². The van der Waals surface area contributed by atoms with Crippen molar-refractivity contribution in [2.75, 3.05) is 13.2 Å². The predicted octanol–water partition coefficient (Wildman–Crippen LogP) is 2.51. The molecule has 110 valence electrons. The second-order valence-electron chi connectivity index (χ2n) is 6.34. The molecule has 0 spiro atoms. The zero-order chi connectivity index (χ0) is 13.9. The van der Waals surface area contributed by atoms with Gasteiger partial charge in [-0.15, -0.1) is 0 Å². The van der Waals surface area contributed by atoms with Crippen LogP contribution in [-0.2, 0) is 0 Å². The zero-order valence-corrected chi connectivity index (χ0v) is 12.2. The van der Waals surface area contributed by atoms with Crippen LogP contribution < -0.4 is 10.1 Å². The molecule has 3 heteroatoms. The Morgan fingerprint density at radius 2 is 1.85 bits per heavy atom. The Hall–Kier alpha value is -1.06. The van der Waals surface area contributed by atoms with E-state index in [1.54, 1.807) is 0 Å². The van der Waals surface area contributed by atoms with E-state index in [2.05, 4.69) is 5.32 Å². The van der Waals surface area contributed by atoms with Crippen LogP contribution in [0.2, 0.25) is 0 Å². The molecule has 0 bridgehead atoms. The molecule has 20 heavy (non-hydrogen) atoms. The molecule has 0 aliphatic heterocycles. The van der Waals surface area contributed by atoms with E-state index < -0.39 is 6.10 Å². The van der Waals surface area contributed by atoms with Crippen LogP contribution in [0.5, 0.6) is 5.75 Å². The first-order valence-electron chi connectivity index (χ1n) is 7.84. The van der Waals surface area contributed by atoms with Crippen molar-refractivity contribution >= 4 is 0 Å². The van der Waals surface area contributed by atoms with E-state index in [4.69, 9.17) is 4.74 Å². The lowest BCUT2D eigenvalue weighted by molar-refractivity contribution is 0.101.